The molecule has 14 heteroatoms. The predicted molar refractivity (Wildman–Crippen MR) is 167 cm³/mol. The van der Waals surface area contributed by atoms with Gasteiger partial charge in [0.05, 0.1) is 70.0 Å². The van der Waals surface area contributed by atoms with Crippen molar-refractivity contribution < 1.29 is 46.1 Å². The summed E-state index contributed by atoms with van der Waals surface area (Å²) in [5.74, 6) is -4.57. The highest BCUT2D eigenvalue weighted by Crippen LogP contribution is 2.42. The highest BCUT2D eigenvalue weighted by atomic mass is 127. The van der Waals surface area contributed by atoms with Crippen molar-refractivity contribution in [1.82, 2.24) is 0 Å². The maximum absolute atomic E-state index is 14.7. The van der Waals surface area contributed by atoms with Gasteiger partial charge in [0.25, 0.3) is 0 Å². The Hall–Kier alpha value is -3.75. The van der Waals surface area contributed by atoms with Gasteiger partial charge in [0, 0.05) is 11.1 Å². The van der Waals surface area contributed by atoms with Crippen molar-refractivity contribution >= 4 is 63.4 Å². The van der Waals surface area contributed by atoms with Crippen LogP contribution in [0.15, 0.2) is 48.5 Å². The smallest absolute Gasteiger partial charge is 0.340 e. The Kier molecular flexibility index (Phi) is 11.7. The van der Waals surface area contributed by atoms with Crippen LogP contribution in [0.5, 0.6) is 11.5 Å². The minimum atomic E-state index is -1.02. The minimum absolute atomic E-state index is 0.00541. The Bertz CT molecular complexity index is 1630. The van der Waals surface area contributed by atoms with Gasteiger partial charge in [-0.3, -0.25) is 0 Å². The number of hydrogen-bond donors (Lipinski definition) is 1. The number of hydrogen-bond acceptors (Lipinski definition) is 7. The van der Waals surface area contributed by atoms with Gasteiger partial charge in [-0.1, -0.05) is 35.3 Å². The molecule has 232 valence electrons. The molecule has 0 aromatic heterocycles. The molecule has 0 spiro atoms. The van der Waals surface area contributed by atoms with E-state index in [1.54, 1.807) is 22.6 Å². The number of halogens is 7. The van der Waals surface area contributed by atoms with Crippen molar-refractivity contribution in [1.29, 1.82) is 0 Å². The molecule has 0 saturated heterocycles. The molecule has 0 fully saturated rings. The molecule has 0 amide bonds. The third-order valence-electron chi connectivity index (χ3n) is 6.12. The summed E-state index contributed by atoms with van der Waals surface area (Å²) >= 11 is 13.7. The van der Waals surface area contributed by atoms with Crippen molar-refractivity contribution in [3.8, 4) is 33.8 Å². The van der Waals surface area contributed by atoms with Crippen LogP contribution in [0.2, 0.25) is 10.0 Å². The molecule has 0 radical (unpaired) electrons. The Balaban J connectivity index is 0.000000240. The van der Waals surface area contributed by atoms with E-state index in [2.05, 4.69) is 9.47 Å². The summed E-state index contributed by atoms with van der Waals surface area (Å²) in [4.78, 5) is 23.2. The van der Waals surface area contributed by atoms with Crippen LogP contribution in [0.25, 0.3) is 22.3 Å². The van der Waals surface area contributed by atoms with E-state index in [1.807, 2.05) is 0 Å². The fourth-order valence-corrected chi connectivity index (χ4v) is 5.28. The molecular weight excluding hydrogens is 744 g/mol. The lowest BCUT2D eigenvalue weighted by Gasteiger charge is -2.15. The van der Waals surface area contributed by atoms with Crippen molar-refractivity contribution in [2.24, 2.45) is 0 Å². The van der Waals surface area contributed by atoms with Crippen LogP contribution < -0.4 is 15.2 Å². The maximum atomic E-state index is 14.7. The lowest BCUT2D eigenvalue weighted by atomic mass is 9.99. The molecule has 2 N–H and O–H groups in total. The van der Waals surface area contributed by atoms with Crippen molar-refractivity contribution in [2.75, 3.05) is 34.2 Å². The maximum Gasteiger partial charge on any atom is 0.340 e. The van der Waals surface area contributed by atoms with Gasteiger partial charge < -0.3 is 24.7 Å². The van der Waals surface area contributed by atoms with Crippen LogP contribution in [-0.4, -0.2) is 40.4 Å². The Morgan fingerprint density at radius 3 is 1.52 bits per heavy atom. The van der Waals surface area contributed by atoms with Crippen molar-refractivity contribution in [3.63, 3.8) is 0 Å². The Morgan fingerprint density at radius 2 is 1.09 bits per heavy atom. The van der Waals surface area contributed by atoms with Gasteiger partial charge >= 0.3 is 11.9 Å². The van der Waals surface area contributed by atoms with Gasteiger partial charge in [-0.2, -0.15) is 0 Å². The average molecular weight is 766 g/mol. The molecule has 0 saturated carbocycles. The molecule has 0 aliphatic heterocycles. The summed E-state index contributed by atoms with van der Waals surface area (Å²) in [6.07, 6.45) is 0. The van der Waals surface area contributed by atoms with Crippen molar-refractivity contribution in [3.05, 3.63) is 96.5 Å². The van der Waals surface area contributed by atoms with Gasteiger partial charge in [-0.15, -0.1) is 0 Å². The first-order valence-electron chi connectivity index (χ1n) is 12.1. The van der Waals surface area contributed by atoms with E-state index in [4.69, 9.17) is 38.4 Å². The molecule has 0 bridgehead atoms. The highest BCUT2D eigenvalue weighted by molar-refractivity contribution is 14.1. The second kappa shape index (κ2) is 14.8. The molecule has 4 rings (SSSR count). The molecule has 0 atom stereocenters. The van der Waals surface area contributed by atoms with E-state index < -0.39 is 40.9 Å². The van der Waals surface area contributed by atoms with E-state index in [9.17, 15) is 27.2 Å². The molecule has 44 heavy (non-hydrogen) atoms. The summed E-state index contributed by atoms with van der Waals surface area (Å²) in [7, 11) is 4.97. The molecule has 4 aromatic rings. The summed E-state index contributed by atoms with van der Waals surface area (Å²) in [6.45, 7) is 0. The number of esters is 2. The molecule has 0 aliphatic carbocycles. The Labute approximate surface area is 272 Å². The number of ether oxygens (including phenoxy) is 4. The van der Waals surface area contributed by atoms with E-state index in [0.29, 0.717) is 0 Å². The molecule has 0 aliphatic rings. The number of carbonyl (C=O) groups excluding carboxylic acids is 2. The zero-order chi connectivity index (χ0) is 32.9. The van der Waals surface area contributed by atoms with Gasteiger partial charge in [-0.25, -0.2) is 27.2 Å². The first-order valence-corrected chi connectivity index (χ1v) is 13.9. The van der Waals surface area contributed by atoms with Crippen LogP contribution in [0.3, 0.4) is 0 Å². The number of anilines is 1. The number of methoxy groups -OCH3 is 4. The van der Waals surface area contributed by atoms with Gasteiger partial charge in [0.2, 0.25) is 0 Å². The third kappa shape index (κ3) is 6.81. The molecule has 7 nitrogen and oxygen atoms in total. The zero-order valence-electron chi connectivity index (χ0n) is 23.3. The number of nitrogen functional groups attached to an aromatic ring is 1. The number of carbonyl (C=O) groups is 2. The quantitative estimate of drug-likeness (QED) is 0.0693. The van der Waals surface area contributed by atoms with Crippen LogP contribution in [-0.2, 0) is 9.47 Å². The third-order valence-corrected chi connectivity index (χ3v) is 7.77. The van der Waals surface area contributed by atoms with Crippen LogP contribution in [0, 0.1) is 26.8 Å². The Morgan fingerprint density at radius 1 is 0.682 bits per heavy atom. The van der Waals surface area contributed by atoms with Crippen LogP contribution >= 0.6 is 45.8 Å². The SMILES string of the molecule is COC(=O)c1cc(Cl)c(-c2c(F)cccc2OC)c(F)c1I.COC(=O)c1cc(Cl)c(-c2c(F)cccc2OC)c(F)c1N. The van der Waals surface area contributed by atoms with Crippen molar-refractivity contribution in [2.45, 2.75) is 0 Å². The summed E-state index contributed by atoms with van der Waals surface area (Å²) in [5.41, 5.74) is 4.18. The van der Waals surface area contributed by atoms with E-state index in [0.717, 1.165) is 19.2 Å². The predicted octanol–water partition coefficient (Wildman–Crippen LogP) is 8.35. The van der Waals surface area contributed by atoms with Crippen LogP contribution in [0.1, 0.15) is 20.7 Å². The largest absolute Gasteiger partial charge is 0.496 e. The first-order chi connectivity index (χ1) is 20.8. The monoisotopic (exact) mass is 765 g/mol. The molecule has 4 aromatic carbocycles. The zero-order valence-corrected chi connectivity index (χ0v) is 27.0. The standard InChI is InChI=1S/C15H10ClF2IO3.C15H12ClF2NO3/c2*1-21-10-5-3-4-9(17)12(10)11-8(16)6-7(15(20)22-2)14(19)13(11)18/h3-6H,1-2H3;3-6H,19H2,1-2H3. The highest BCUT2D eigenvalue weighted by Gasteiger charge is 2.26. The van der Waals surface area contributed by atoms with E-state index >= 15 is 0 Å². The lowest BCUT2D eigenvalue weighted by molar-refractivity contribution is 0.0591. The van der Waals surface area contributed by atoms with E-state index in [-0.39, 0.29) is 58.5 Å². The fourth-order valence-electron chi connectivity index (χ4n) is 4.06. The second-order valence-corrected chi connectivity index (χ2v) is 10.4. The van der Waals surface area contributed by atoms with Gasteiger partial charge in [0.1, 0.15) is 29.0 Å². The minimum Gasteiger partial charge on any atom is -0.496 e. The summed E-state index contributed by atoms with van der Waals surface area (Å²) < 4.78 is 76.7. The molecule has 0 unspecified atom stereocenters. The normalized spacial score (nSPS) is 10.4. The average Bonchev–Trinajstić information content (AvgIpc) is 3.01. The number of nitrogens with two attached hydrogens (primary N) is 1. The lowest BCUT2D eigenvalue weighted by Crippen LogP contribution is -2.09. The second-order valence-electron chi connectivity index (χ2n) is 8.53. The molecule has 0 heterocycles. The number of rotatable bonds is 6. The molecular formula is C30H22Cl2F4INO6. The summed E-state index contributed by atoms with van der Waals surface area (Å²) in [6, 6.07) is 10.5. The van der Waals surface area contributed by atoms with Gasteiger partial charge in [0.15, 0.2) is 5.82 Å². The topological polar surface area (TPSA) is 97.1 Å². The number of benzene rings is 4. The summed E-state index contributed by atoms with van der Waals surface area (Å²) in [5, 5.41) is -0.294. The fraction of sp³-hybridized carbons (Fsp3) is 0.133. The van der Waals surface area contributed by atoms with Crippen LogP contribution in [0.4, 0.5) is 23.2 Å². The van der Waals surface area contributed by atoms with E-state index in [1.165, 1.54) is 57.7 Å². The first kappa shape index (κ1) is 34.7. The van der Waals surface area contributed by atoms with Gasteiger partial charge in [-0.05, 0) is 59.0 Å².